The van der Waals surface area contributed by atoms with Gasteiger partial charge in [-0.15, -0.1) is 0 Å². The highest BCUT2D eigenvalue weighted by atomic mass is 19.1. The van der Waals surface area contributed by atoms with E-state index < -0.39 is 5.60 Å². The van der Waals surface area contributed by atoms with Crippen LogP contribution in [0.4, 0.5) is 20.8 Å². The van der Waals surface area contributed by atoms with E-state index in [2.05, 4.69) is 30.6 Å². The number of benzene rings is 1. The van der Waals surface area contributed by atoms with Gasteiger partial charge in [0.25, 0.3) is 0 Å². The second kappa shape index (κ2) is 9.64. The molecule has 0 unspecified atom stereocenters. The summed E-state index contributed by atoms with van der Waals surface area (Å²) in [7, 11) is 0. The zero-order valence-electron chi connectivity index (χ0n) is 21.2. The molecule has 5 rings (SSSR count). The summed E-state index contributed by atoms with van der Waals surface area (Å²) in [4.78, 5) is 22.9. The number of aromatic amines is 1. The molecule has 3 aromatic heterocycles. The fraction of sp³-hybridized carbons (Fsp3) is 0.346. The van der Waals surface area contributed by atoms with Gasteiger partial charge in [0.1, 0.15) is 23.6 Å². The summed E-state index contributed by atoms with van der Waals surface area (Å²) in [5.74, 6) is 1.49. The maximum Gasteiger partial charge on any atom is 0.410 e. The van der Waals surface area contributed by atoms with Gasteiger partial charge in [-0.3, -0.25) is 5.10 Å². The van der Waals surface area contributed by atoms with Crippen molar-refractivity contribution >= 4 is 17.7 Å². The fourth-order valence-corrected chi connectivity index (χ4v) is 4.23. The number of hydrogen-bond acceptors (Lipinski definition) is 7. The molecule has 192 valence electrons. The number of nitrogens with zero attached hydrogens (tertiary/aromatic N) is 6. The summed E-state index contributed by atoms with van der Waals surface area (Å²) in [5, 5.41) is 15.4. The molecule has 0 saturated carbocycles. The van der Waals surface area contributed by atoms with Crippen LogP contribution in [0.5, 0.6) is 0 Å². The van der Waals surface area contributed by atoms with E-state index in [-0.39, 0.29) is 11.9 Å². The normalized spacial score (nSPS) is 13.4. The van der Waals surface area contributed by atoms with Crippen LogP contribution in [0.3, 0.4) is 0 Å². The van der Waals surface area contributed by atoms with Gasteiger partial charge in [0, 0.05) is 29.9 Å². The maximum absolute atomic E-state index is 13.4. The van der Waals surface area contributed by atoms with Gasteiger partial charge < -0.3 is 15.0 Å². The highest BCUT2D eigenvalue weighted by Gasteiger charge is 2.27. The van der Waals surface area contributed by atoms with E-state index in [0.29, 0.717) is 43.4 Å². The molecule has 0 atom stereocenters. The first-order valence-electron chi connectivity index (χ1n) is 12.2. The minimum atomic E-state index is -0.549. The van der Waals surface area contributed by atoms with E-state index in [4.69, 9.17) is 4.74 Å². The summed E-state index contributed by atoms with van der Waals surface area (Å²) in [5.41, 5.74) is 3.97. The maximum atomic E-state index is 13.4. The topological polar surface area (TPSA) is 114 Å². The lowest BCUT2D eigenvalue weighted by molar-refractivity contribution is 0.0221. The van der Waals surface area contributed by atoms with Crippen LogP contribution in [-0.4, -0.2) is 53.1 Å². The first kappa shape index (κ1) is 24.4. The Balaban J connectivity index is 1.34. The molecular formula is C26H29FN8O2. The fourth-order valence-electron chi connectivity index (χ4n) is 4.23. The minimum absolute atomic E-state index is 0.286. The molecule has 0 spiro atoms. The number of anilines is 2. The smallest absolute Gasteiger partial charge is 0.410 e. The van der Waals surface area contributed by atoms with E-state index >= 15 is 0 Å². The number of H-pyrrole nitrogens is 1. The second-order valence-electron chi connectivity index (χ2n) is 9.87. The van der Waals surface area contributed by atoms with E-state index in [9.17, 15) is 9.18 Å². The van der Waals surface area contributed by atoms with Crippen LogP contribution in [-0.2, 0) is 24.1 Å². The molecule has 0 saturated heterocycles. The molecule has 4 aromatic rings. The number of carbonyl (C=O) groups excluding carboxylic acids is 1. The number of ether oxygens (including phenoxy) is 1. The third kappa shape index (κ3) is 5.30. The van der Waals surface area contributed by atoms with Crippen LogP contribution in [0.2, 0.25) is 0 Å². The summed E-state index contributed by atoms with van der Waals surface area (Å²) in [6, 6.07) is 8.08. The van der Waals surface area contributed by atoms with Gasteiger partial charge in [-0.25, -0.2) is 23.8 Å². The molecule has 2 N–H and O–H groups in total. The predicted molar refractivity (Wildman–Crippen MR) is 136 cm³/mol. The highest BCUT2D eigenvalue weighted by molar-refractivity contribution is 5.71. The molecule has 1 aromatic carbocycles. The quantitative estimate of drug-likeness (QED) is 0.402. The number of fused-ring (bicyclic) bond motifs is 1. The minimum Gasteiger partial charge on any atom is -0.444 e. The Morgan fingerprint density at radius 2 is 2.00 bits per heavy atom. The molecule has 0 bridgehead atoms. The number of carbonyl (C=O) groups is 1. The third-order valence-corrected chi connectivity index (χ3v) is 6.01. The SMILES string of the molecule is CCc1c(Nc2cc(-n3cc4c(n3)CN(C(=O)OC(C)(C)C)CC4)ncn2)n[nH]c1-c1ccc(F)cc1. The number of halogens is 1. The number of hydrogen-bond donors (Lipinski definition) is 2. The molecule has 0 aliphatic carbocycles. The van der Waals surface area contributed by atoms with Gasteiger partial charge in [0.2, 0.25) is 0 Å². The van der Waals surface area contributed by atoms with Crippen molar-refractivity contribution in [2.24, 2.45) is 0 Å². The Hall–Kier alpha value is -4.28. The zero-order chi connectivity index (χ0) is 26.2. The Kier molecular flexibility index (Phi) is 6.36. The summed E-state index contributed by atoms with van der Waals surface area (Å²) < 4.78 is 20.6. The molecule has 10 nitrogen and oxygen atoms in total. The van der Waals surface area contributed by atoms with Crippen LogP contribution in [0.1, 0.15) is 44.5 Å². The molecule has 1 amide bonds. The van der Waals surface area contributed by atoms with E-state index in [0.717, 1.165) is 28.1 Å². The molecule has 0 fully saturated rings. The predicted octanol–water partition coefficient (Wildman–Crippen LogP) is 4.79. The van der Waals surface area contributed by atoms with Crippen LogP contribution in [0.15, 0.2) is 42.9 Å². The Morgan fingerprint density at radius 1 is 1.22 bits per heavy atom. The average molecular weight is 505 g/mol. The molecule has 11 heteroatoms. The summed E-state index contributed by atoms with van der Waals surface area (Å²) in [6.45, 7) is 8.54. The Bertz CT molecular complexity index is 1420. The standard InChI is InChI=1S/C26H29FN8O2/c1-5-19-23(16-6-8-18(27)9-7-16)31-32-24(19)30-21-12-22(29-15-28-21)35-13-17-10-11-34(14-20(17)33-35)25(36)37-26(2,3)4/h6-9,12-13,15H,5,10-11,14H2,1-4H3,(H2,28,29,30,31,32). The van der Waals surface area contributed by atoms with E-state index in [1.165, 1.54) is 18.5 Å². The first-order chi connectivity index (χ1) is 17.7. The largest absolute Gasteiger partial charge is 0.444 e. The Morgan fingerprint density at radius 3 is 2.73 bits per heavy atom. The van der Waals surface area contributed by atoms with Crippen LogP contribution < -0.4 is 5.32 Å². The van der Waals surface area contributed by atoms with Gasteiger partial charge in [-0.2, -0.15) is 10.2 Å². The lowest BCUT2D eigenvalue weighted by atomic mass is 10.1. The molecule has 0 radical (unpaired) electrons. The van der Waals surface area contributed by atoms with Crippen molar-refractivity contribution in [2.75, 3.05) is 11.9 Å². The molecule has 1 aliphatic rings. The Labute approximate surface area is 213 Å². The number of aromatic nitrogens is 6. The molecular weight excluding hydrogens is 475 g/mol. The summed E-state index contributed by atoms with van der Waals surface area (Å²) >= 11 is 0. The summed E-state index contributed by atoms with van der Waals surface area (Å²) in [6.07, 6.45) is 4.46. The van der Waals surface area contributed by atoms with E-state index in [1.54, 1.807) is 27.8 Å². The van der Waals surface area contributed by atoms with Crippen molar-refractivity contribution in [3.05, 3.63) is 65.5 Å². The van der Waals surface area contributed by atoms with E-state index in [1.807, 2.05) is 33.9 Å². The van der Waals surface area contributed by atoms with Crippen molar-refractivity contribution in [2.45, 2.75) is 52.7 Å². The molecule has 37 heavy (non-hydrogen) atoms. The number of rotatable bonds is 5. The number of nitrogens with one attached hydrogen (secondary N) is 2. The van der Waals surface area contributed by atoms with Crippen molar-refractivity contribution in [3.63, 3.8) is 0 Å². The number of amides is 1. The van der Waals surface area contributed by atoms with Crippen molar-refractivity contribution < 1.29 is 13.9 Å². The highest BCUT2D eigenvalue weighted by Crippen LogP contribution is 2.29. The van der Waals surface area contributed by atoms with Gasteiger partial charge in [0.05, 0.1) is 17.9 Å². The van der Waals surface area contributed by atoms with Gasteiger partial charge in [-0.1, -0.05) is 6.92 Å². The monoisotopic (exact) mass is 504 g/mol. The zero-order valence-corrected chi connectivity index (χ0v) is 21.2. The van der Waals surface area contributed by atoms with Crippen LogP contribution in [0.25, 0.3) is 17.1 Å². The molecule has 4 heterocycles. The lowest BCUT2D eigenvalue weighted by Gasteiger charge is -2.29. The van der Waals surface area contributed by atoms with Gasteiger partial charge in [-0.05, 0) is 63.4 Å². The van der Waals surface area contributed by atoms with Crippen molar-refractivity contribution in [1.82, 2.24) is 34.8 Å². The van der Waals surface area contributed by atoms with Crippen molar-refractivity contribution in [3.8, 4) is 17.1 Å². The first-order valence-corrected chi connectivity index (χ1v) is 12.2. The average Bonchev–Trinajstić information content (AvgIpc) is 3.47. The van der Waals surface area contributed by atoms with Gasteiger partial charge in [0.15, 0.2) is 11.6 Å². The molecule has 1 aliphatic heterocycles. The third-order valence-electron chi connectivity index (χ3n) is 6.01. The van der Waals surface area contributed by atoms with Crippen LogP contribution in [0, 0.1) is 5.82 Å². The van der Waals surface area contributed by atoms with Crippen molar-refractivity contribution in [1.29, 1.82) is 0 Å². The van der Waals surface area contributed by atoms with Gasteiger partial charge >= 0.3 is 6.09 Å². The lowest BCUT2D eigenvalue weighted by Crippen LogP contribution is -2.39. The van der Waals surface area contributed by atoms with Crippen LogP contribution >= 0.6 is 0 Å². The second-order valence-corrected chi connectivity index (χ2v) is 9.87.